The molecule has 0 unspecified atom stereocenters. The van der Waals surface area contributed by atoms with Gasteiger partial charge in [-0.1, -0.05) is 12.8 Å². The number of amides is 1. The molecule has 1 amide bonds. The van der Waals surface area contributed by atoms with Crippen LogP contribution in [0.4, 0.5) is 0 Å². The van der Waals surface area contributed by atoms with Gasteiger partial charge in [-0.25, -0.2) is 0 Å². The molecule has 2 heterocycles. The van der Waals surface area contributed by atoms with E-state index < -0.39 is 0 Å². The van der Waals surface area contributed by atoms with Gasteiger partial charge in [0.25, 0.3) is 0 Å². The maximum Gasteiger partial charge on any atom is 0.220 e. The quantitative estimate of drug-likeness (QED) is 0.679. The molecule has 2 aliphatic heterocycles. The maximum atomic E-state index is 11.9. The summed E-state index contributed by atoms with van der Waals surface area (Å²) in [6, 6.07) is 0. The first-order chi connectivity index (χ1) is 10.3. The molecule has 2 rings (SSSR count). The largest absolute Gasteiger partial charge is 0.356 e. The summed E-state index contributed by atoms with van der Waals surface area (Å²) in [5, 5.41) is 6.47. The van der Waals surface area contributed by atoms with E-state index >= 15 is 0 Å². The van der Waals surface area contributed by atoms with Crippen LogP contribution in [0.25, 0.3) is 0 Å². The van der Waals surface area contributed by atoms with Gasteiger partial charge in [0.2, 0.25) is 5.91 Å². The Morgan fingerprint density at radius 3 is 2.35 bits per heavy atom. The highest BCUT2D eigenvalue weighted by Gasteiger charge is 2.14. The van der Waals surface area contributed by atoms with E-state index in [2.05, 4.69) is 15.5 Å². The highest BCUT2D eigenvalue weighted by molar-refractivity contribution is 5.85. The number of nitrogens with one attached hydrogen (secondary N) is 2. The molecule has 0 atom stereocenters. The second kappa shape index (κ2) is 14.3. The van der Waals surface area contributed by atoms with Crippen molar-refractivity contribution in [3.8, 4) is 0 Å². The molecule has 2 aliphatic rings. The van der Waals surface area contributed by atoms with Crippen LogP contribution in [-0.2, 0) is 4.79 Å². The fraction of sp³-hybridized carbons (Fsp3) is 0.941. The average Bonchev–Trinajstić information content (AvgIpc) is 2.79. The molecule has 0 aromatic carbocycles. The summed E-state index contributed by atoms with van der Waals surface area (Å²) in [6.45, 7) is 6.76. The third-order valence-electron chi connectivity index (χ3n) is 4.91. The van der Waals surface area contributed by atoms with Crippen LogP contribution in [0.15, 0.2) is 0 Å². The second-order valence-electron chi connectivity index (χ2n) is 6.69. The van der Waals surface area contributed by atoms with E-state index in [1.807, 2.05) is 0 Å². The van der Waals surface area contributed by atoms with Crippen LogP contribution in [0.2, 0.25) is 0 Å². The molecule has 0 aromatic rings. The Bertz CT molecular complexity index is 292. The van der Waals surface area contributed by atoms with Crippen molar-refractivity contribution in [3.05, 3.63) is 0 Å². The van der Waals surface area contributed by atoms with Gasteiger partial charge in [-0.2, -0.15) is 0 Å². The van der Waals surface area contributed by atoms with E-state index in [1.54, 1.807) is 0 Å². The summed E-state index contributed by atoms with van der Waals surface area (Å²) in [4.78, 5) is 14.4. The maximum absolute atomic E-state index is 11.9. The van der Waals surface area contributed by atoms with Gasteiger partial charge in [-0.15, -0.1) is 24.8 Å². The third-order valence-corrected chi connectivity index (χ3v) is 4.91. The van der Waals surface area contributed by atoms with Crippen LogP contribution in [0.5, 0.6) is 0 Å². The van der Waals surface area contributed by atoms with Crippen molar-refractivity contribution in [2.24, 2.45) is 5.92 Å². The molecule has 0 aromatic heterocycles. The van der Waals surface area contributed by atoms with Crippen molar-refractivity contribution in [1.29, 1.82) is 0 Å². The lowest BCUT2D eigenvalue weighted by atomic mass is 9.93. The van der Waals surface area contributed by atoms with E-state index in [9.17, 15) is 4.79 Å². The Hall–Kier alpha value is -0.0300. The number of hydrogen-bond acceptors (Lipinski definition) is 3. The summed E-state index contributed by atoms with van der Waals surface area (Å²) in [5.74, 6) is 1.01. The highest BCUT2D eigenvalue weighted by Crippen LogP contribution is 2.17. The third kappa shape index (κ3) is 10.4. The Morgan fingerprint density at radius 2 is 1.70 bits per heavy atom. The fourth-order valence-electron chi connectivity index (χ4n) is 3.48. The van der Waals surface area contributed by atoms with Crippen LogP contribution < -0.4 is 10.6 Å². The molecule has 6 heteroatoms. The van der Waals surface area contributed by atoms with Crippen LogP contribution in [-0.4, -0.2) is 50.1 Å². The zero-order valence-electron chi connectivity index (χ0n) is 14.4. The molecule has 0 radical (unpaired) electrons. The Labute approximate surface area is 154 Å². The summed E-state index contributed by atoms with van der Waals surface area (Å²) in [5.41, 5.74) is 0. The lowest BCUT2D eigenvalue weighted by Gasteiger charge is -2.22. The molecule has 4 nitrogen and oxygen atoms in total. The minimum atomic E-state index is 0. The summed E-state index contributed by atoms with van der Waals surface area (Å²) >= 11 is 0. The Morgan fingerprint density at radius 1 is 1.04 bits per heavy atom. The molecule has 0 saturated carbocycles. The first-order valence-corrected chi connectivity index (χ1v) is 9.04. The van der Waals surface area contributed by atoms with Gasteiger partial charge in [-0.3, -0.25) is 4.79 Å². The fourth-order valence-corrected chi connectivity index (χ4v) is 3.48. The summed E-state index contributed by atoms with van der Waals surface area (Å²) < 4.78 is 0. The molecular weight excluding hydrogens is 333 g/mol. The van der Waals surface area contributed by atoms with Crippen molar-refractivity contribution in [3.63, 3.8) is 0 Å². The lowest BCUT2D eigenvalue weighted by molar-refractivity contribution is -0.121. The molecular formula is C17H35Cl2N3O. The average molecular weight is 368 g/mol. The lowest BCUT2D eigenvalue weighted by Crippen LogP contribution is -2.31. The Kier molecular flexibility index (Phi) is 14.3. The van der Waals surface area contributed by atoms with E-state index in [0.717, 1.165) is 44.9 Å². The van der Waals surface area contributed by atoms with Gasteiger partial charge in [-0.05, 0) is 77.2 Å². The molecule has 2 saturated heterocycles. The van der Waals surface area contributed by atoms with Gasteiger partial charge in [0.1, 0.15) is 0 Å². The van der Waals surface area contributed by atoms with Crippen molar-refractivity contribution in [1.82, 2.24) is 15.5 Å². The normalized spacial score (nSPS) is 20.0. The number of carbonyl (C=O) groups excluding carboxylic acids is 1. The molecule has 2 fully saturated rings. The number of piperidine rings is 1. The van der Waals surface area contributed by atoms with Crippen LogP contribution >= 0.6 is 24.8 Å². The predicted octanol–water partition coefficient (Wildman–Crippen LogP) is 2.99. The Balaban J connectivity index is 0.00000242. The van der Waals surface area contributed by atoms with Crippen molar-refractivity contribution >= 4 is 30.7 Å². The molecule has 2 N–H and O–H groups in total. The zero-order chi connectivity index (χ0) is 14.8. The first-order valence-electron chi connectivity index (χ1n) is 9.04. The topological polar surface area (TPSA) is 44.4 Å². The van der Waals surface area contributed by atoms with Crippen molar-refractivity contribution in [2.75, 3.05) is 39.3 Å². The molecule has 0 spiro atoms. The minimum absolute atomic E-state index is 0. The molecule has 138 valence electrons. The number of halogens is 2. The monoisotopic (exact) mass is 367 g/mol. The standard InChI is InChI=1S/C17H33N3O.2ClH/c21-17(7-6-16-8-11-18-12-9-16)19-10-5-15-20-13-3-1-2-4-14-20;;/h16,18H,1-15H2,(H,19,21);2*1H. The summed E-state index contributed by atoms with van der Waals surface area (Å²) in [6.07, 6.45) is 10.8. The first kappa shape index (κ1) is 23.0. The van der Waals surface area contributed by atoms with Crippen LogP contribution in [0, 0.1) is 5.92 Å². The van der Waals surface area contributed by atoms with E-state index in [-0.39, 0.29) is 30.7 Å². The van der Waals surface area contributed by atoms with Crippen molar-refractivity contribution in [2.45, 2.75) is 57.8 Å². The van der Waals surface area contributed by atoms with Gasteiger partial charge in [0.05, 0.1) is 0 Å². The van der Waals surface area contributed by atoms with E-state index in [4.69, 9.17) is 0 Å². The minimum Gasteiger partial charge on any atom is -0.356 e. The zero-order valence-corrected chi connectivity index (χ0v) is 16.0. The van der Waals surface area contributed by atoms with Crippen LogP contribution in [0.1, 0.15) is 57.8 Å². The number of likely N-dealkylation sites (tertiary alicyclic amines) is 1. The second-order valence-corrected chi connectivity index (χ2v) is 6.69. The molecule has 0 bridgehead atoms. The molecule has 23 heavy (non-hydrogen) atoms. The number of rotatable bonds is 7. The smallest absolute Gasteiger partial charge is 0.220 e. The predicted molar refractivity (Wildman–Crippen MR) is 102 cm³/mol. The van der Waals surface area contributed by atoms with Gasteiger partial charge in [0, 0.05) is 13.0 Å². The highest BCUT2D eigenvalue weighted by atomic mass is 35.5. The van der Waals surface area contributed by atoms with E-state index in [1.165, 1.54) is 51.6 Å². The van der Waals surface area contributed by atoms with Crippen LogP contribution in [0.3, 0.4) is 0 Å². The molecule has 0 aliphatic carbocycles. The van der Waals surface area contributed by atoms with E-state index in [0.29, 0.717) is 6.42 Å². The van der Waals surface area contributed by atoms with Gasteiger partial charge >= 0.3 is 0 Å². The number of carbonyl (C=O) groups is 1. The van der Waals surface area contributed by atoms with Crippen molar-refractivity contribution < 1.29 is 4.79 Å². The number of hydrogen-bond donors (Lipinski definition) is 2. The summed E-state index contributed by atoms with van der Waals surface area (Å²) in [7, 11) is 0. The SMILES string of the molecule is Cl.Cl.O=C(CCC1CCNCC1)NCCCN1CCCCCC1. The van der Waals surface area contributed by atoms with Gasteiger partial charge < -0.3 is 15.5 Å². The van der Waals surface area contributed by atoms with Gasteiger partial charge in [0.15, 0.2) is 0 Å². The number of nitrogens with zero attached hydrogens (tertiary/aromatic N) is 1.